The van der Waals surface area contributed by atoms with Gasteiger partial charge >= 0.3 is 0 Å². The summed E-state index contributed by atoms with van der Waals surface area (Å²) >= 11 is 0. The number of H-pyrrole nitrogens is 1. The standard InChI is InChI=1S/C21H27N5O4.C7H11NO/c1-28-16-12-15(13-17(14-16)29-2)4-5-18-19(20(22)27)21(25-24-18)23-6-3-7-26-8-10-30-11-9-26;1-2-7(9)8-5-3-4-6-8/h12-14H,3,6-11H2,1-2H3,(H2,22,27)(H2,23,24,25);2H,1,3-6H2. The molecule has 0 bridgehead atoms. The van der Waals surface area contributed by atoms with Crippen LogP contribution in [0.25, 0.3) is 0 Å². The maximum Gasteiger partial charge on any atom is 0.255 e. The van der Waals surface area contributed by atoms with Crippen LogP contribution in [-0.2, 0) is 9.53 Å². The van der Waals surface area contributed by atoms with Gasteiger partial charge in [0.15, 0.2) is 5.82 Å². The van der Waals surface area contributed by atoms with E-state index in [4.69, 9.17) is 19.9 Å². The van der Waals surface area contributed by atoms with Crippen LogP contribution in [0.1, 0.15) is 40.9 Å². The van der Waals surface area contributed by atoms with Gasteiger partial charge in [-0.15, -0.1) is 0 Å². The molecule has 4 rings (SSSR count). The molecule has 0 radical (unpaired) electrons. The van der Waals surface area contributed by atoms with Gasteiger partial charge in [0.2, 0.25) is 5.91 Å². The van der Waals surface area contributed by atoms with Crippen molar-refractivity contribution < 1.29 is 23.8 Å². The molecule has 11 nitrogen and oxygen atoms in total. The molecule has 0 spiro atoms. The number of likely N-dealkylation sites (tertiary alicyclic amines) is 1. The fourth-order valence-electron chi connectivity index (χ4n) is 4.22. The zero-order chi connectivity index (χ0) is 28.0. The molecule has 4 N–H and O–H groups in total. The molecule has 11 heteroatoms. The molecule has 3 heterocycles. The first-order valence-electron chi connectivity index (χ1n) is 13.0. The van der Waals surface area contributed by atoms with Gasteiger partial charge in [-0.2, -0.15) is 5.10 Å². The molecule has 2 amide bonds. The van der Waals surface area contributed by atoms with Gasteiger partial charge in [-0.3, -0.25) is 19.6 Å². The Morgan fingerprint density at radius 2 is 1.79 bits per heavy atom. The summed E-state index contributed by atoms with van der Waals surface area (Å²) in [6.07, 6.45) is 4.60. The second-order valence-corrected chi connectivity index (χ2v) is 9.01. The third-order valence-electron chi connectivity index (χ3n) is 6.34. The Bertz CT molecular complexity index is 1150. The molecule has 0 atom stereocenters. The fourth-order valence-corrected chi connectivity index (χ4v) is 4.22. The average molecular weight is 539 g/mol. The minimum absolute atomic E-state index is 0.0764. The van der Waals surface area contributed by atoms with E-state index in [1.807, 2.05) is 4.90 Å². The number of aromatic nitrogens is 2. The van der Waals surface area contributed by atoms with E-state index in [0.29, 0.717) is 35.1 Å². The van der Waals surface area contributed by atoms with E-state index in [1.54, 1.807) is 32.4 Å². The number of carbonyl (C=O) groups is 2. The van der Waals surface area contributed by atoms with Gasteiger partial charge in [-0.25, -0.2) is 0 Å². The number of morpholine rings is 1. The van der Waals surface area contributed by atoms with Crippen LogP contribution in [0.2, 0.25) is 0 Å². The monoisotopic (exact) mass is 538 g/mol. The van der Waals surface area contributed by atoms with Gasteiger partial charge in [0.25, 0.3) is 5.91 Å². The number of methoxy groups -OCH3 is 2. The topological polar surface area (TPSA) is 135 Å². The van der Waals surface area contributed by atoms with Crippen molar-refractivity contribution in [1.29, 1.82) is 0 Å². The van der Waals surface area contributed by atoms with E-state index in [-0.39, 0.29) is 11.5 Å². The Hall–Kier alpha value is -4.01. The van der Waals surface area contributed by atoms with Crippen LogP contribution in [0.15, 0.2) is 30.9 Å². The molecule has 2 saturated heterocycles. The van der Waals surface area contributed by atoms with Crippen LogP contribution in [0, 0.1) is 11.8 Å². The van der Waals surface area contributed by atoms with Crippen LogP contribution in [-0.4, -0.2) is 98.5 Å². The van der Waals surface area contributed by atoms with Gasteiger partial charge in [0.1, 0.15) is 22.8 Å². The SMILES string of the molecule is C=CC(=O)N1CCCC1.COc1cc(C#Cc2[nH]nc(NCCCN3CCOCC3)c2C(N)=O)cc(OC)c1. The van der Waals surface area contributed by atoms with E-state index < -0.39 is 5.91 Å². The molecule has 210 valence electrons. The number of primary amides is 1. The zero-order valence-corrected chi connectivity index (χ0v) is 22.8. The van der Waals surface area contributed by atoms with Crippen molar-refractivity contribution in [3.63, 3.8) is 0 Å². The molecule has 0 aliphatic carbocycles. The lowest BCUT2D eigenvalue weighted by Crippen LogP contribution is -2.37. The number of nitrogens with one attached hydrogen (secondary N) is 2. The summed E-state index contributed by atoms with van der Waals surface area (Å²) in [6.45, 7) is 10.3. The fraction of sp³-hybridized carbons (Fsp3) is 0.464. The highest BCUT2D eigenvalue weighted by Crippen LogP contribution is 2.22. The number of carbonyl (C=O) groups excluding carboxylic acids is 2. The van der Waals surface area contributed by atoms with Crippen molar-refractivity contribution in [2.75, 3.05) is 72.0 Å². The molecule has 2 aromatic rings. The third-order valence-corrected chi connectivity index (χ3v) is 6.34. The van der Waals surface area contributed by atoms with Crippen LogP contribution < -0.4 is 20.5 Å². The molecule has 0 saturated carbocycles. The molecule has 2 aliphatic heterocycles. The highest BCUT2D eigenvalue weighted by atomic mass is 16.5. The summed E-state index contributed by atoms with van der Waals surface area (Å²) in [5, 5.41) is 10.2. The number of anilines is 1. The minimum atomic E-state index is -0.591. The molecule has 1 aromatic carbocycles. The lowest BCUT2D eigenvalue weighted by molar-refractivity contribution is -0.124. The number of nitrogens with zero attached hydrogens (tertiary/aromatic N) is 3. The van der Waals surface area contributed by atoms with Gasteiger partial charge in [0, 0.05) is 44.4 Å². The molecular weight excluding hydrogens is 500 g/mol. The molecular formula is C28H38N6O5. The van der Waals surface area contributed by atoms with Crippen molar-refractivity contribution in [1.82, 2.24) is 20.0 Å². The number of amides is 2. The molecule has 2 fully saturated rings. The van der Waals surface area contributed by atoms with Crippen LogP contribution in [0.4, 0.5) is 5.82 Å². The predicted octanol–water partition coefficient (Wildman–Crippen LogP) is 1.85. The van der Waals surface area contributed by atoms with Crippen molar-refractivity contribution in [2.24, 2.45) is 5.73 Å². The highest BCUT2D eigenvalue weighted by molar-refractivity contribution is 5.99. The van der Waals surface area contributed by atoms with Crippen LogP contribution >= 0.6 is 0 Å². The average Bonchev–Trinajstić information content (AvgIpc) is 3.65. The Kier molecular flexibility index (Phi) is 11.7. The second kappa shape index (κ2) is 15.4. The van der Waals surface area contributed by atoms with E-state index in [1.165, 1.54) is 6.08 Å². The van der Waals surface area contributed by atoms with Crippen LogP contribution in [0.5, 0.6) is 11.5 Å². The Balaban J connectivity index is 0.000000395. The van der Waals surface area contributed by atoms with E-state index in [0.717, 1.165) is 65.2 Å². The van der Waals surface area contributed by atoms with Gasteiger partial charge < -0.3 is 30.2 Å². The summed E-state index contributed by atoms with van der Waals surface area (Å²) in [6, 6.07) is 5.32. The Morgan fingerprint density at radius 1 is 1.13 bits per heavy atom. The van der Waals surface area contributed by atoms with Crippen molar-refractivity contribution >= 4 is 17.6 Å². The molecule has 39 heavy (non-hydrogen) atoms. The molecule has 0 unspecified atom stereocenters. The second-order valence-electron chi connectivity index (χ2n) is 9.01. The highest BCUT2D eigenvalue weighted by Gasteiger charge is 2.17. The van der Waals surface area contributed by atoms with Gasteiger partial charge in [0.05, 0.1) is 27.4 Å². The first-order chi connectivity index (χ1) is 18.9. The van der Waals surface area contributed by atoms with Gasteiger partial charge in [-0.05, 0) is 49.9 Å². The lowest BCUT2D eigenvalue weighted by Gasteiger charge is -2.26. The predicted molar refractivity (Wildman–Crippen MR) is 149 cm³/mol. The zero-order valence-electron chi connectivity index (χ0n) is 22.8. The summed E-state index contributed by atoms with van der Waals surface area (Å²) in [5.41, 5.74) is 6.86. The number of hydrogen-bond donors (Lipinski definition) is 3. The largest absolute Gasteiger partial charge is 0.497 e. The number of benzene rings is 1. The lowest BCUT2D eigenvalue weighted by atomic mass is 10.1. The number of hydrogen-bond acceptors (Lipinski definition) is 8. The number of nitrogens with two attached hydrogens (primary N) is 1. The van der Waals surface area contributed by atoms with Gasteiger partial charge in [-0.1, -0.05) is 12.5 Å². The minimum Gasteiger partial charge on any atom is -0.497 e. The first kappa shape index (κ1) is 29.5. The summed E-state index contributed by atoms with van der Waals surface area (Å²) in [4.78, 5) is 27.0. The van der Waals surface area contributed by atoms with Crippen molar-refractivity contribution in [3.8, 4) is 23.3 Å². The molecule has 1 aromatic heterocycles. The summed E-state index contributed by atoms with van der Waals surface area (Å²) in [5.74, 6) is 7.08. The molecule has 2 aliphatic rings. The maximum atomic E-state index is 12.0. The first-order valence-corrected chi connectivity index (χ1v) is 13.0. The normalized spacial score (nSPS) is 14.9. The van der Waals surface area contributed by atoms with E-state index in [9.17, 15) is 9.59 Å². The Morgan fingerprint density at radius 3 is 2.38 bits per heavy atom. The van der Waals surface area contributed by atoms with E-state index >= 15 is 0 Å². The maximum absolute atomic E-state index is 12.0. The smallest absolute Gasteiger partial charge is 0.255 e. The summed E-state index contributed by atoms with van der Waals surface area (Å²) in [7, 11) is 3.14. The van der Waals surface area contributed by atoms with Crippen LogP contribution in [0.3, 0.4) is 0 Å². The van der Waals surface area contributed by atoms with E-state index in [2.05, 4.69) is 38.8 Å². The summed E-state index contributed by atoms with van der Waals surface area (Å²) < 4.78 is 15.9. The third kappa shape index (κ3) is 9.05. The number of aromatic amines is 1. The quantitative estimate of drug-likeness (QED) is 0.250. The number of rotatable bonds is 9. The Labute approximate surface area is 229 Å². The van der Waals surface area contributed by atoms with Crippen molar-refractivity contribution in [2.45, 2.75) is 19.3 Å². The van der Waals surface area contributed by atoms with Crippen molar-refractivity contribution in [3.05, 3.63) is 47.7 Å². The number of ether oxygens (including phenoxy) is 3.